The van der Waals surface area contributed by atoms with Crippen molar-refractivity contribution in [2.75, 3.05) is 13.2 Å². The number of nitrogens with zero attached hydrogens (tertiary/aromatic N) is 3. The summed E-state index contributed by atoms with van der Waals surface area (Å²) in [6, 6.07) is 0. The van der Waals surface area contributed by atoms with Gasteiger partial charge in [0.25, 0.3) is 5.88 Å². The van der Waals surface area contributed by atoms with Gasteiger partial charge in [-0.25, -0.2) is 0 Å². The minimum atomic E-state index is -0.391. The first kappa shape index (κ1) is 15.2. The van der Waals surface area contributed by atoms with Gasteiger partial charge in [0.05, 0.1) is 13.0 Å². The maximum atomic E-state index is 11.2. The largest absolute Gasteiger partial charge is 0.489 e. The van der Waals surface area contributed by atoms with E-state index in [1.54, 1.807) is 11.8 Å². The Morgan fingerprint density at radius 3 is 2.53 bits per heavy atom. The Balaban J connectivity index is 4.59. The Bertz CT molecular complexity index is 326. The number of esters is 1. The van der Waals surface area contributed by atoms with Crippen molar-refractivity contribution in [2.24, 2.45) is 0 Å². The van der Waals surface area contributed by atoms with E-state index in [1.165, 1.54) is 0 Å². The minimum absolute atomic E-state index is 0.161. The molecule has 0 aromatic carbocycles. The Labute approximate surface area is 101 Å². The third-order valence-corrected chi connectivity index (χ3v) is 2.10. The topological polar surface area (TPSA) is 77.9 Å². The van der Waals surface area contributed by atoms with E-state index in [0.29, 0.717) is 13.2 Å². The van der Waals surface area contributed by atoms with Crippen molar-refractivity contribution in [2.45, 2.75) is 39.7 Å². The first-order valence-electron chi connectivity index (χ1n) is 5.49. The van der Waals surface area contributed by atoms with Crippen molar-refractivity contribution in [3.05, 3.63) is 17.1 Å². The molecule has 0 aromatic heterocycles. The minimum Gasteiger partial charge on any atom is -0.489 e. The molecule has 0 aromatic rings. The normalized spacial score (nSPS) is 11.8. The number of aliphatic hydroxyl groups is 1. The van der Waals surface area contributed by atoms with E-state index in [0.717, 1.165) is 6.20 Å². The highest BCUT2D eigenvalue weighted by molar-refractivity contribution is 5.69. The van der Waals surface area contributed by atoms with Crippen LogP contribution >= 0.6 is 0 Å². The van der Waals surface area contributed by atoms with Crippen LogP contribution < -0.4 is 0 Å². The van der Waals surface area contributed by atoms with Gasteiger partial charge in [0, 0.05) is 12.1 Å². The number of ether oxygens (including phenoxy) is 1. The molecule has 0 aliphatic carbocycles. The van der Waals surface area contributed by atoms with Gasteiger partial charge in [0.1, 0.15) is 0 Å². The van der Waals surface area contributed by atoms with Crippen LogP contribution in [-0.2, 0) is 9.53 Å². The average Bonchev–Trinajstić information content (AvgIpc) is 2.16. The van der Waals surface area contributed by atoms with Crippen molar-refractivity contribution in [3.8, 4) is 0 Å². The average molecular weight is 242 g/mol. The lowest BCUT2D eigenvalue weighted by Crippen LogP contribution is -2.41. The summed E-state index contributed by atoms with van der Waals surface area (Å²) in [4.78, 5) is 15.6. The molecule has 0 saturated heterocycles. The molecule has 0 fully saturated rings. The zero-order chi connectivity index (χ0) is 13.5. The molecule has 0 radical (unpaired) electrons. The molecule has 0 amide bonds. The lowest BCUT2D eigenvalue weighted by atomic mass is 10.1. The van der Waals surface area contributed by atoms with Gasteiger partial charge >= 0.3 is 12.2 Å². The number of hydrogen-bond acceptors (Lipinski definition) is 5. The van der Waals surface area contributed by atoms with Crippen LogP contribution in [0.2, 0.25) is 0 Å². The van der Waals surface area contributed by atoms with E-state index in [1.807, 2.05) is 20.8 Å². The molecule has 0 heterocycles. The lowest BCUT2D eigenvalue weighted by Gasteiger charge is -2.34. The molecule has 6 heteroatoms. The van der Waals surface area contributed by atoms with E-state index in [4.69, 9.17) is 10.1 Å². The van der Waals surface area contributed by atoms with E-state index in [9.17, 15) is 9.90 Å². The molecule has 0 aliphatic heterocycles. The standard InChI is InChI=1S/C11H19N3O3/c1-5-17-10(16)6-7-14(11(2,3)4)9(15)8-13-12/h8H,5-7H2,1-4H3/p+1. The molecule has 0 saturated carbocycles. The summed E-state index contributed by atoms with van der Waals surface area (Å²) in [5, 5.41) is 18.1. The van der Waals surface area contributed by atoms with Gasteiger partial charge < -0.3 is 14.7 Å². The molecule has 0 aliphatic rings. The van der Waals surface area contributed by atoms with Gasteiger partial charge in [-0.05, 0) is 27.7 Å². The molecular weight excluding hydrogens is 222 g/mol. The Morgan fingerprint density at radius 1 is 1.53 bits per heavy atom. The molecule has 6 nitrogen and oxygen atoms in total. The molecule has 0 rings (SSSR count). The van der Waals surface area contributed by atoms with E-state index in [2.05, 4.69) is 4.98 Å². The van der Waals surface area contributed by atoms with Crippen LogP contribution in [0, 0.1) is 5.39 Å². The highest BCUT2D eigenvalue weighted by Gasteiger charge is 2.26. The molecule has 1 N–H and O–H groups in total. The van der Waals surface area contributed by atoms with Crippen LogP contribution in [0.3, 0.4) is 0 Å². The summed E-state index contributed by atoms with van der Waals surface area (Å²) in [5.41, 5.74) is -0.391. The van der Waals surface area contributed by atoms with Crippen molar-refractivity contribution in [1.29, 1.82) is 5.39 Å². The highest BCUT2D eigenvalue weighted by atomic mass is 16.5. The second kappa shape index (κ2) is 6.74. The summed E-state index contributed by atoms with van der Waals surface area (Å²) in [7, 11) is 0. The van der Waals surface area contributed by atoms with Crippen LogP contribution in [0.5, 0.6) is 0 Å². The molecule has 0 unspecified atom stereocenters. The second-order valence-electron chi connectivity index (χ2n) is 4.48. The van der Waals surface area contributed by atoms with E-state index >= 15 is 0 Å². The lowest BCUT2D eigenvalue weighted by molar-refractivity contribution is -0.143. The van der Waals surface area contributed by atoms with Crippen molar-refractivity contribution < 1.29 is 14.6 Å². The van der Waals surface area contributed by atoms with Gasteiger partial charge in [-0.2, -0.15) is 0 Å². The summed E-state index contributed by atoms with van der Waals surface area (Å²) in [6.07, 6.45) is 1.09. The predicted octanol–water partition coefficient (Wildman–Crippen LogP) is 2.25. The number of carbonyl (C=O) groups is 1. The maximum Gasteiger partial charge on any atom is 0.409 e. The molecule has 0 spiro atoms. The number of rotatable bonds is 5. The molecule has 96 valence electrons. The molecular formula is C11H20N3O3+. The second-order valence-corrected chi connectivity index (χ2v) is 4.48. The van der Waals surface area contributed by atoms with Gasteiger partial charge in [0.2, 0.25) is 5.39 Å². The fourth-order valence-corrected chi connectivity index (χ4v) is 1.35. The van der Waals surface area contributed by atoms with Gasteiger partial charge in [-0.15, -0.1) is 0 Å². The maximum absolute atomic E-state index is 11.2. The van der Waals surface area contributed by atoms with Crippen molar-refractivity contribution in [3.63, 3.8) is 0 Å². The first-order valence-corrected chi connectivity index (χ1v) is 5.49. The molecule has 0 bridgehead atoms. The van der Waals surface area contributed by atoms with Crippen LogP contribution in [0.25, 0.3) is 4.98 Å². The van der Waals surface area contributed by atoms with Crippen LogP contribution in [0.4, 0.5) is 0 Å². The van der Waals surface area contributed by atoms with Crippen LogP contribution in [-0.4, -0.2) is 34.7 Å². The monoisotopic (exact) mass is 242 g/mol. The third-order valence-electron chi connectivity index (χ3n) is 2.10. The predicted molar refractivity (Wildman–Crippen MR) is 63.5 cm³/mol. The van der Waals surface area contributed by atoms with Gasteiger partial charge in [-0.1, -0.05) is 0 Å². The fourth-order valence-electron chi connectivity index (χ4n) is 1.35. The Hall–Kier alpha value is -1.77. The Morgan fingerprint density at radius 2 is 2.12 bits per heavy atom. The zero-order valence-electron chi connectivity index (χ0n) is 10.8. The summed E-state index contributed by atoms with van der Waals surface area (Å²) in [6.45, 7) is 7.99. The summed E-state index contributed by atoms with van der Waals surface area (Å²) < 4.78 is 4.81. The van der Waals surface area contributed by atoms with Crippen LogP contribution in [0.15, 0.2) is 12.1 Å². The van der Waals surface area contributed by atoms with Crippen molar-refractivity contribution in [1.82, 2.24) is 4.90 Å². The van der Waals surface area contributed by atoms with Gasteiger partial charge in [-0.3, -0.25) is 4.79 Å². The number of aliphatic hydroxyl groups excluding tert-OH is 1. The van der Waals surface area contributed by atoms with Crippen LogP contribution in [0.1, 0.15) is 34.1 Å². The summed E-state index contributed by atoms with van der Waals surface area (Å²) in [5.74, 6) is -0.514. The summed E-state index contributed by atoms with van der Waals surface area (Å²) >= 11 is 0. The van der Waals surface area contributed by atoms with E-state index in [-0.39, 0.29) is 18.3 Å². The number of carbonyl (C=O) groups excluding carboxylic acids is 1. The third kappa shape index (κ3) is 5.76. The van der Waals surface area contributed by atoms with Crippen molar-refractivity contribution >= 4 is 5.97 Å². The zero-order valence-corrected chi connectivity index (χ0v) is 10.8. The highest BCUT2D eigenvalue weighted by Crippen LogP contribution is 2.18. The quantitative estimate of drug-likeness (QED) is 0.454. The molecule has 0 atom stereocenters. The van der Waals surface area contributed by atoms with E-state index < -0.39 is 5.54 Å². The first-order chi connectivity index (χ1) is 7.82. The number of diazo groups is 1. The van der Waals surface area contributed by atoms with Gasteiger partial charge in [0.15, 0.2) is 4.98 Å². The fraction of sp³-hybridized carbons (Fsp3) is 0.727. The molecule has 17 heavy (non-hydrogen) atoms. The number of hydrogen-bond donors (Lipinski definition) is 1. The smallest absolute Gasteiger partial charge is 0.409 e. The Kier molecular flexibility index (Phi) is 6.03. The SMILES string of the molecule is CCOC(=O)CCN(C(O)=C[N+]#N)C(C)(C)C.